The van der Waals surface area contributed by atoms with Crippen LogP contribution in [0.2, 0.25) is 0 Å². The van der Waals surface area contributed by atoms with Gasteiger partial charge in [0.25, 0.3) is 0 Å². The van der Waals surface area contributed by atoms with E-state index in [1.54, 1.807) is 6.26 Å². The first-order valence-electron chi connectivity index (χ1n) is 5.98. The SMILES string of the molecule is NCCN(Cc1ccccc1)Cc1occc1Br. The zero-order valence-electron chi connectivity index (χ0n) is 10.2. The molecule has 2 N–H and O–H groups in total. The molecule has 0 radical (unpaired) electrons. The molecule has 0 amide bonds. The van der Waals surface area contributed by atoms with Crippen molar-refractivity contribution in [3.05, 3.63) is 58.5 Å². The summed E-state index contributed by atoms with van der Waals surface area (Å²) in [5.41, 5.74) is 6.95. The van der Waals surface area contributed by atoms with Crippen LogP contribution >= 0.6 is 15.9 Å². The molecule has 2 rings (SSSR count). The lowest BCUT2D eigenvalue weighted by molar-refractivity contribution is 0.241. The molecule has 0 bridgehead atoms. The molecular formula is C14H17BrN2O. The van der Waals surface area contributed by atoms with E-state index in [2.05, 4.69) is 45.1 Å². The Kier molecular flexibility index (Phi) is 4.99. The van der Waals surface area contributed by atoms with Crippen molar-refractivity contribution in [3.8, 4) is 0 Å². The Bertz CT molecular complexity index is 470. The Morgan fingerprint density at radius 3 is 2.50 bits per heavy atom. The van der Waals surface area contributed by atoms with Gasteiger partial charge in [-0.05, 0) is 27.6 Å². The van der Waals surface area contributed by atoms with E-state index in [1.165, 1.54) is 5.56 Å². The van der Waals surface area contributed by atoms with Crippen molar-refractivity contribution in [3.63, 3.8) is 0 Å². The number of nitrogens with zero attached hydrogens (tertiary/aromatic N) is 1. The van der Waals surface area contributed by atoms with Crippen LogP contribution in [0.3, 0.4) is 0 Å². The molecule has 18 heavy (non-hydrogen) atoms. The molecule has 2 aromatic rings. The first-order valence-corrected chi connectivity index (χ1v) is 6.77. The van der Waals surface area contributed by atoms with Gasteiger partial charge in [0, 0.05) is 19.6 Å². The summed E-state index contributed by atoms with van der Waals surface area (Å²) in [7, 11) is 0. The van der Waals surface area contributed by atoms with Gasteiger partial charge in [0.05, 0.1) is 17.3 Å². The fourth-order valence-corrected chi connectivity index (χ4v) is 2.21. The van der Waals surface area contributed by atoms with Gasteiger partial charge in [-0.25, -0.2) is 0 Å². The fraction of sp³-hybridized carbons (Fsp3) is 0.286. The minimum absolute atomic E-state index is 0.644. The maximum atomic E-state index is 5.67. The van der Waals surface area contributed by atoms with Gasteiger partial charge in [0.1, 0.15) is 5.76 Å². The molecule has 0 atom stereocenters. The lowest BCUT2D eigenvalue weighted by Gasteiger charge is -2.20. The maximum Gasteiger partial charge on any atom is 0.131 e. The Morgan fingerprint density at radius 1 is 1.11 bits per heavy atom. The molecule has 0 saturated carbocycles. The van der Waals surface area contributed by atoms with Gasteiger partial charge in [-0.15, -0.1) is 0 Å². The van der Waals surface area contributed by atoms with E-state index < -0.39 is 0 Å². The van der Waals surface area contributed by atoms with E-state index in [0.717, 1.165) is 29.9 Å². The van der Waals surface area contributed by atoms with Crippen LogP contribution in [-0.4, -0.2) is 18.0 Å². The summed E-state index contributed by atoms with van der Waals surface area (Å²) < 4.78 is 6.46. The summed E-state index contributed by atoms with van der Waals surface area (Å²) in [5.74, 6) is 0.944. The quantitative estimate of drug-likeness (QED) is 0.892. The lowest BCUT2D eigenvalue weighted by atomic mass is 10.2. The predicted octanol–water partition coefficient (Wildman–Crippen LogP) is 3.00. The van der Waals surface area contributed by atoms with Crippen molar-refractivity contribution >= 4 is 15.9 Å². The number of halogens is 1. The molecule has 0 aliphatic rings. The second kappa shape index (κ2) is 6.73. The average Bonchev–Trinajstić information content (AvgIpc) is 2.77. The summed E-state index contributed by atoms with van der Waals surface area (Å²) in [6.07, 6.45) is 1.70. The highest BCUT2D eigenvalue weighted by Crippen LogP contribution is 2.20. The van der Waals surface area contributed by atoms with Gasteiger partial charge in [-0.1, -0.05) is 30.3 Å². The van der Waals surface area contributed by atoms with Gasteiger partial charge in [0.2, 0.25) is 0 Å². The highest BCUT2D eigenvalue weighted by Gasteiger charge is 2.10. The third-order valence-electron chi connectivity index (χ3n) is 2.75. The van der Waals surface area contributed by atoms with Crippen LogP contribution in [0.4, 0.5) is 0 Å². The van der Waals surface area contributed by atoms with Gasteiger partial charge in [0.15, 0.2) is 0 Å². The molecule has 1 heterocycles. The summed E-state index contributed by atoms with van der Waals surface area (Å²) in [4.78, 5) is 2.28. The molecule has 0 fully saturated rings. The topological polar surface area (TPSA) is 42.4 Å². The van der Waals surface area contributed by atoms with E-state index in [-0.39, 0.29) is 0 Å². The standard InChI is InChI=1S/C14H17BrN2O/c15-13-6-9-18-14(13)11-17(8-7-16)10-12-4-2-1-3-5-12/h1-6,9H,7-8,10-11,16H2. The minimum Gasteiger partial charge on any atom is -0.467 e. The summed E-state index contributed by atoms with van der Waals surface area (Å²) in [6.45, 7) is 3.14. The Labute approximate surface area is 116 Å². The van der Waals surface area contributed by atoms with Crippen molar-refractivity contribution < 1.29 is 4.42 Å². The van der Waals surface area contributed by atoms with Crippen molar-refractivity contribution in [2.24, 2.45) is 5.73 Å². The molecule has 0 spiro atoms. The Balaban J connectivity index is 2.02. The van der Waals surface area contributed by atoms with E-state index in [0.29, 0.717) is 6.54 Å². The molecule has 0 aliphatic heterocycles. The summed E-state index contributed by atoms with van der Waals surface area (Å²) in [5, 5.41) is 0. The van der Waals surface area contributed by atoms with Crippen molar-refractivity contribution in [2.45, 2.75) is 13.1 Å². The summed E-state index contributed by atoms with van der Waals surface area (Å²) in [6, 6.07) is 12.3. The first-order chi connectivity index (χ1) is 8.79. The molecule has 1 aromatic heterocycles. The zero-order valence-corrected chi connectivity index (χ0v) is 11.8. The van der Waals surface area contributed by atoms with Gasteiger partial charge >= 0.3 is 0 Å². The second-order valence-corrected chi connectivity index (χ2v) is 5.03. The normalized spacial score (nSPS) is 11.1. The maximum absolute atomic E-state index is 5.67. The number of hydrogen-bond acceptors (Lipinski definition) is 3. The monoisotopic (exact) mass is 308 g/mol. The zero-order chi connectivity index (χ0) is 12.8. The van der Waals surface area contributed by atoms with Crippen LogP contribution in [0.5, 0.6) is 0 Å². The molecule has 0 saturated heterocycles. The van der Waals surface area contributed by atoms with E-state index >= 15 is 0 Å². The Hall–Kier alpha value is -1.10. The van der Waals surface area contributed by atoms with E-state index in [9.17, 15) is 0 Å². The van der Waals surface area contributed by atoms with E-state index in [4.69, 9.17) is 10.2 Å². The van der Waals surface area contributed by atoms with Crippen LogP contribution in [0.25, 0.3) is 0 Å². The van der Waals surface area contributed by atoms with Crippen molar-refractivity contribution in [2.75, 3.05) is 13.1 Å². The number of furan rings is 1. The molecule has 3 nitrogen and oxygen atoms in total. The second-order valence-electron chi connectivity index (χ2n) is 4.18. The molecular weight excluding hydrogens is 292 g/mol. The van der Waals surface area contributed by atoms with Crippen LogP contribution in [0.1, 0.15) is 11.3 Å². The van der Waals surface area contributed by atoms with Crippen LogP contribution in [-0.2, 0) is 13.1 Å². The number of rotatable bonds is 6. The first kappa shape index (κ1) is 13.3. The van der Waals surface area contributed by atoms with Crippen LogP contribution in [0, 0.1) is 0 Å². The average molecular weight is 309 g/mol. The Morgan fingerprint density at radius 2 is 1.89 bits per heavy atom. The largest absolute Gasteiger partial charge is 0.467 e. The van der Waals surface area contributed by atoms with Crippen molar-refractivity contribution in [1.29, 1.82) is 0 Å². The van der Waals surface area contributed by atoms with Crippen molar-refractivity contribution in [1.82, 2.24) is 4.90 Å². The fourth-order valence-electron chi connectivity index (χ4n) is 1.88. The van der Waals surface area contributed by atoms with Gasteiger partial charge in [-0.2, -0.15) is 0 Å². The third kappa shape index (κ3) is 3.70. The van der Waals surface area contributed by atoms with Crippen LogP contribution < -0.4 is 5.73 Å². The van der Waals surface area contributed by atoms with E-state index in [1.807, 2.05) is 12.1 Å². The molecule has 4 heteroatoms. The lowest BCUT2D eigenvalue weighted by Crippen LogP contribution is -2.28. The number of nitrogens with two attached hydrogens (primary N) is 1. The molecule has 0 aliphatic carbocycles. The molecule has 0 unspecified atom stereocenters. The number of benzene rings is 1. The summed E-state index contributed by atoms with van der Waals surface area (Å²) >= 11 is 3.48. The van der Waals surface area contributed by atoms with Gasteiger partial charge in [-0.3, -0.25) is 4.90 Å². The highest BCUT2D eigenvalue weighted by molar-refractivity contribution is 9.10. The highest BCUT2D eigenvalue weighted by atomic mass is 79.9. The van der Waals surface area contributed by atoms with Crippen LogP contribution in [0.15, 0.2) is 51.6 Å². The third-order valence-corrected chi connectivity index (χ3v) is 3.46. The minimum atomic E-state index is 0.644. The smallest absolute Gasteiger partial charge is 0.131 e. The predicted molar refractivity (Wildman–Crippen MR) is 76.0 cm³/mol. The number of hydrogen-bond donors (Lipinski definition) is 1. The van der Waals surface area contributed by atoms with Gasteiger partial charge < -0.3 is 10.2 Å². The molecule has 96 valence electrons. The molecule has 1 aromatic carbocycles.